The van der Waals surface area contributed by atoms with Crippen LogP contribution in [0.4, 0.5) is 5.69 Å². The molecule has 0 saturated carbocycles. The first-order valence-electron chi connectivity index (χ1n) is 11.4. The van der Waals surface area contributed by atoms with Gasteiger partial charge in [0.15, 0.2) is 6.10 Å². The molecular weight excluding hydrogens is 412 g/mol. The molecule has 2 aliphatic heterocycles. The highest BCUT2D eigenvalue weighted by molar-refractivity contribution is 6.07. The van der Waals surface area contributed by atoms with Gasteiger partial charge in [-0.3, -0.25) is 19.3 Å². The number of amides is 2. The molecule has 33 heavy (non-hydrogen) atoms. The van der Waals surface area contributed by atoms with Crippen molar-refractivity contribution in [3.8, 4) is 0 Å². The molecule has 0 unspecified atom stereocenters. The molecule has 3 aromatic rings. The van der Waals surface area contributed by atoms with Gasteiger partial charge in [-0.1, -0.05) is 93.6 Å². The number of anilines is 1. The number of benzene rings is 3. The Morgan fingerprint density at radius 3 is 2.00 bits per heavy atom. The van der Waals surface area contributed by atoms with Gasteiger partial charge in [0.05, 0.1) is 18.3 Å². The highest BCUT2D eigenvalue weighted by Crippen LogP contribution is 2.47. The highest BCUT2D eigenvalue weighted by atomic mass is 16.7. The number of hydrogen-bond donors (Lipinski definition) is 0. The smallest absolute Gasteiger partial charge is 0.262 e. The molecule has 2 saturated heterocycles. The second-order valence-electron chi connectivity index (χ2n) is 9.78. The van der Waals surface area contributed by atoms with E-state index in [4.69, 9.17) is 4.84 Å². The molecule has 0 aliphatic carbocycles. The lowest BCUT2D eigenvalue weighted by molar-refractivity contribution is -0.143. The van der Waals surface area contributed by atoms with E-state index in [0.717, 1.165) is 16.8 Å². The van der Waals surface area contributed by atoms with Crippen LogP contribution in [0.1, 0.15) is 43.5 Å². The third kappa shape index (κ3) is 3.83. The number of para-hydroxylation sites is 1. The lowest BCUT2D eigenvalue weighted by Crippen LogP contribution is -2.37. The molecule has 0 spiro atoms. The van der Waals surface area contributed by atoms with E-state index in [1.807, 2.05) is 60.7 Å². The van der Waals surface area contributed by atoms with Crippen LogP contribution < -0.4 is 5.06 Å². The first-order chi connectivity index (χ1) is 15.8. The number of carbonyl (C=O) groups excluding carboxylic acids is 2. The molecule has 0 radical (unpaired) electrons. The largest absolute Gasteiger partial charge is 0.275 e. The van der Waals surface area contributed by atoms with E-state index < -0.39 is 12.0 Å². The lowest BCUT2D eigenvalue weighted by Gasteiger charge is -2.29. The van der Waals surface area contributed by atoms with Gasteiger partial charge in [0.1, 0.15) is 5.92 Å². The van der Waals surface area contributed by atoms with Gasteiger partial charge in [-0.15, -0.1) is 0 Å². The van der Waals surface area contributed by atoms with Crippen molar-refractivity contribution < 1.29 is 14.4 Å². The van der Waals surface area contributed by atoms with Gasteiger partial charge in [-0.25, -0.2) is 5.06 Å². The summed E-state index contributed by atoms with van der Waals surface area (Å²) in [5.74, 6) is -1.05. The monoisotopic (exact) mass is 440 g/mol. The lowest BCUT2D eigenvalue weighted by atomic mass is 9.84. The highest BCUT2D eigenvalue weighted by Gasteiger charge is 2.59. The Balaban J connectivity index is 1.52. The van der Waals surface area contributed by atoms with Crippen LogP contribution in [0, 0.1) is 5.92 Å². The number of imide groups is 1. The summed E-state index contributed by atoms with van der Waals surface area (Å²) in [6.45, 7) is 6.78. The predicted octanol–water partition coefficient (Wildman–Crippen LogP) is 5.03. The molecule has 0 aromatic heterocycles. The van der Waals surface area contributed by atoms with E-state index in [1.54, 1.807) is 5.06 Å². The Hall–Kier alpha value is -3.44. The van der Waals surface area contributed by atoms with Crippen LogP contribution in [0.25, 0.3) is 0 Å². The molecule has 0 N–H and O–H groups in total. The van der Waals surface area contributed by atoms with Crippen molar-refractivity contribution in [1.29, 1.82) is 0 Å². The SMILES string of the molecule is CC(C)(C)c1ccc([C@H]2[C@H]3C(=O)N(Cc4ccccc4)C(=O)[C@H]3ON2c2ccccc2)cc1. The molecule has 3 atom stereocenters. The molecule has 2 fully saturated rings. The zero-order chi connectivity index (χ0) is 23.2. The summed E-state index contributed by atoms with van der Waals surface area (Å²) in [5, 5.41) is 1.75. The summed E-state index contributed by atoms with van der Waals surface area (Å²) >= 11 is 0. The molecule has 2 amide bonds. The summed E-state index contributed by atoms with van der Waals surface area (Å²) in [5.41, 5.74) is 3.95. The molecule has 5 nitrogen and oxygen atoms in total. The van der Waals surface area contributed by atoms with Gasteiger partial charge in [0.2, 0.25) is 5.91 Å². The minimum absolute atomic E-state index is 0.0258. The van der Waals surface area contributed by atoms with E-state index in [9.17, 15) is 9.59 Å². The molecule has 2 heterocycles. The van der Waals surface area contributed by atoms with Gasteiger partial charge in [0.25, 0.3) is 5.91 Å². The average Bonchev–Trinajstić information content (AvgIpc) is 3.32. The molecule has 2 aliphatic rings. The normalized spacial score (nSPS) is 22.7. The minimum atomic E-state index is -0.825. The van der Waals surface area contributed by atoms with E-state index in [0.29, 0.717) is 0 Å². The molecule has 3 aromatic carbocycles. The summed E-state index contributed by atoms with van der Waals surface area (Å²) in [6, 6.07) is 27.2. The second-order valence-corrected chi connectivity index (χ2v) is 9.78. The number of hydrogen-bond acceptors (Lipinski definition) is 4. The number of nitrogens with zero attached hydrogens (tertiary/aromatic N) is 2. The Morgan fingerprint density at radius 1 is 0.788 bits per heavy atom. The van der Waals surface area contributed by atoms with Crippen molar-refractivity contribution in [1.82, 2.24) is 4.90 Å². The van der Waals surface area contributed by atoms with Crippen molar-refractivity contribution in [2.75, 3.05) is 5.06 Å². The standard InChI is InChI=1S/C28H28N2O3/c1-28(2,3)21-16-14-20(15-17-21)24-23-25(33-30(24)22-12-8-5-9-13-22)27(32)29(26(23)31)18-19-10-6-4-7-11-19/h4-17,23-25H,18H2,1-3H3/t23-,24+,25+/m1/s1. The van der Waals surface area contributed by atoms with Crippen LogP contribution in [0.5, 0.6) is 0 Å². The average molecular weight is 441 g/mol. The van der Waals surface area contributed by atoms with Gasteiger partial charge in [-0.05, 0) is 34.2 Å². The van der Waals surface area contributed by atoms with Gasteiger partial charge < -0.3 is 0 Å². The predicted molar refractivity (Wildman–Crippen MR) is 127 cm³/mol. The summed E-state index contributed by atoms with van der Waals surface area (Å²) in [4.78, 5) is 34.4. The summed E-state index contributed by atoms with van der Waals surface area (Å²) in [7, 11) is 0. The van der Waals surface area contributed by atoms with E-state index in [-0.39, 0.29) is 29.8 Å². The Kier molecular flexibility index (Phi) is 5.29. The van der Waals surface area contributed by atoms with Crippen LogP contribution >= 0.6 is 0 Å². The first kappa shape index (κ1) is 21.4. The van der Waals surface area contributed by atoms with Gasteiger partial charge in [0, 0.05) is 0 Å². The van der Waals surface area contributed by atoms with Crippen LogP contribution in [0.3, 0.4) is 0 Å². The summed E-state index contributed by atoms with van der Waals surface area (Å²) < 4.78 is 0. The van der Waals surface area contributed by atoms with E-state index in [2.05, 4.69) is 45.0 Å². The zero-order valence-electron chi connectivity index (χ0n) is 19.1. The van der Waals surface area contributed by atoms with E-state index in [1.165, 1.54) is 10.5 Å². The first-order valence-corrected chi connectivity index (χ1v) is 11.4. The van der Waals surface area contributed by atoms with Crippen LogP contribution in [0.2, 0.25) is 0 Å². The van der Waals surface area contributed by atoms with Crippen LogP contribution in [0.15, 0.2) is 84.9 Å². The maximum absolute atomic E-state index is 13.6. The molecule has 168 valence electrons. The molecule has 5 rings (SSSR count). The fourth-order valence-corrected chi connectivity index (χ4v) is 4.71. The van der Waals surface area contributed by atoms with Crippen molar-refractivity contribution >= 4 is 17.5 Å². The molecule has 0 bridgehead atoms. The number of rotatable bonds is 4. The van der Waals surface area contributed by atoms with Crippen molar-refractivity contribution in [3.63, 3.8) is 0 Å². The van der Waals surface area contributed by atoms with Crippen LogP contribution in [-0.4, -0.2) is 22.8 Å². The van der Waals surface area contributed by atoms with Gasteiger partial charge >= 0.3 is 0 Å². The van der Waals surface area contributed by atoms with Crippen molar-refractivity contribution in [3.05, 3.63) is 102 Å². The molecule has 5 heteroatoms. The second kappa shape index (κ2) is 8.16. The topological polar surface area (TPSA) is 49.9 Å². The maximum Gasteiger partial charge on any atom is 0.262 e. The van der Waals surface area contributed by atoms with E-state index >= 15 is 0 Å². The Morgan fingerprint density at radius 2 is 1.39 bits per heavy atom. The van der Waals surface area contributed by atoms with Crippen molar-refractivity contribution in [2.24, 2.45) is 5.92 Å². The maximum atomic E-state index is 13.6. The number of likely N-dealkylation sites (tertiary alicyclic amines) is 1. The quantitative estimate of drug-likeness (QED) is 0.534. The zero-order valence-corrected chi connectivity index (χ0v) is 19.1. The summed E-state index contributed by atoms with van der Waals surface area (Å²) in [6.07, 6.45) is -0.825. The fourth-order valence-electron chi connectivity index (χ4n) is 4.71. The number of carbonyl (C=O) groups is 2. The number of hydroxylamine groups is 1. The minimum Gasteiger partial charge on any atom is -0.275 e. The fraction of sp³-hybridized carbons (Fsp3) is 0.286. The number of fused-ring (bicyclic) bond motifs is 1. The Labute approximate surface area is 194 Å². The third-order valence-electron chi connectivity index (χ3n) is 6.52. The van der Waals surface area contributed by atoms with Crippen LogP contribution in [-0.2, 0) is 26.4 Å². The molecular formula is C28H28N2O3. The third-order valence-corrected chi connectivity index (χ3v) is 6.52. The van der Waals surface area contributed by atoms with Crippen molar-refractivity contribution in [2.45, 2.75) is 44.9 Å². The Bertz CT molecular complexity index is 1150. The van der Waals surface area contributed by atoms with Gasteiger partial charge in [-0.2, -0.15) is 0 Å².